The Morgan fingerprint density at radius 1 is 0.885 bits per heavy atom. The van der Waals surface area contributed by atoms with Gasteiger partial charge in [-0.3, -0.25) is 14.6 Å². The van der Waals surface area contributed by atoms with E-state index in [0.717, 1.165) is 44.7 Å². The fourth-order valence-electron chi connectivity index (χ4n) is 3.24. The Balaban J connectivity index is 1.41. The quantitative estimate of drug-likeness (QED) is 0.865. The van der Waals surface area contributed by atoms with Gasteiger partial charge in [0, 0.05) is 26.2 Å². The molecule has 138 valence electrons. The van der Waals surface area contributed by atoms with Crippen LogP contribution in [0.3, 0.4) is 0 Å². The molecule has 1 N–H and O–H groups in total. The highest BCUT2D eigenvalue weighted by atomic mass is 19.1. The maximum Gasteiger partial charge on any atom is 0.234 e. The molecule has 1 amide bonds. The Morgan fingerprint density at radius 2 is 1.58 bits per heavy atom. The van der Waals surface area contributed by atoms with Gasteiger partial charge in [-0.15, -0.1) is 0 Å². The van der Waals surface area contributed by atoms with E-state index in [-0.39, 0.29) is 11.7 Å². The van der Waals surface area contributed by atoms with Gasteiger partial charge >= 0.3 is 0 Å². The normalized spacial score (nSPS) is 16.2. The first-order chi connectivity index (χ1) is 12.7. The van der Waals surface area contributed by atoms with Gasteiger partial charge < -0.3 is 5.32 Å². The van der Waals surface area contributed by atoms with Crippen molar-refractivity contribution >= 4 is 5.91 Å². The third-order valence-corrected chi connectivity index (χ3v) is 4.70. The van der Waals surface area contributed by atoms with Crippen molar-refractivity contribution in [2.24, 2.45) is 0 Å². The summed E-state index contributed by atoms with van der Waals surface area (Å²) in [4.78, 5) is 16.9. The van der Waals surface area contributed by atoms with Crippen LogP contribution in [0.5, 0.6) is 0 Å². The lowest BCUT2D eigenvalue weighted by Crippen LogP contribution is -2.39. The average molecular weight is 355 g/mol. The molecule has 3 rings (SSSR count). The van der Waals surface area contributed by atoms with Crippen LogP contribution in [0.2, 0.25) is 0 Å². The second kappa shape index (κ2) is 9.46. The molecule has 0 unspecified atom stereocenters. The number of carbonyl (C=O) groups is 1. The fraction of sp³-hybridized carbons (Fsp3) is 0.381. The number of amides is 1. The fourth-order valence-corrected chi connectivity index (χ4v) is 3.24. The zero-order valence-corrected chi connectivity index (χ0v) is 15.0. The smallest absolute Gasteiger partial charge is 0.234 e. The van der Waals surface area contributed by atoms with Crippen molar-refractivity contribution in [3.05, 3.63) is 71.5 Å². The van der Waals surface area contributed by atoms with Gasteiger partial charge in [-0.05, 0) is 42.8 Å². The molecular weight excluding hydrogens is 329 g/mol. The first-order valence-corrected chi connectivity index (χ1v) is 9.19. The van der Waals surface area contributed by atoms with E-state index in [9.17, 15) is 9.18 Å². The summed E-state index contributed by atoms with van der Waals surface area (Å²) in [7, 11) is 0. The van der Waals surface area contributed by atoms with Gasteiger partial charge in [0.05, 0.1) is 6.54 Å². The van der Waals surface area contributed by atoms with Crippen LogP contribution in [-0.4, -0.2) is 48.4 Å². The molecule has 2 aromatic carbocycles. The first-order valence-electron chi connectivity index (χ1n) is 9.19. The van der Waals surface area contributed by atoms with E-state index in [1.807, 2.05) is 6.07 Å². The van der Waals surface area contributed by atoms with Gasteiger partial charge in [0.25, 0.3) is 0 Å². The number of nitrogens with one attached hydrogen (secondary N) is 1. The number of benzene rings is 2. The SMILES string of the molecule is O=C(CN1CCCN(Cc2ccccc2)CC1)NCc1ccc(F)cc1. The molecule has 0 aromatic heterocycles. The van der Waals surface area contributed by atoms with Gasteiger partial charge in [-0.1, -0.05) is 42.5 Å². The number of halogens is 1. The first kappa shape index (κ1) is 18.5. The van der Waals surface area contributed by atoms with E-state index < -0.39 is 0 Å². The van der Waals surface area contributed by atoms with Crippen LogP contribution in [-0.2, 0) is 17.9 Å². The summed E-state index contributed by atoms with van der Waals surface area (Å²) < 4.78 is 12.9. The van der Waals surface area contributed by atoms with Crippen molar-refractivity contribution in [3.63, 3.8) is 0 Å². The predicted molar refractivity (Wildman–Crippen MR) is 101 cm³/mol. The molecule has 1 fully saturated rings. The Labute approximate surface area is 154 Å². The van der Waals surface area contributed by atoms with E-state index in [1.54, 1.807) is 12.1 Å². The highest BCUT2D eigenvalue weighted by Gasteiger charge is 2.17. The summed E-state index contributed by atoms with van der Waals surface area (Å²) in [5, 5.41) is 2.92. The van der Waals surface area contributed by atoms with Crippen molar-refractivity contribution in [1.29, 1.82) is 0 Å². The summed E-state index contributed by atoms with van der Waals surface area (Å²) in [6.45, 7) is 5.69. The van der Waals surface area contributed by atoms with Crippen molar-refractivity contribution in [1.82, 2.24) is 15.1 Å². The van der Waals surface area contributed by atoms with E-state index in [2.05, 4.69) is 39.4 Å². The molecule has 0 spiro atoms. The molecule has 4 nitrogen and oxygen atoms in total. The maximum absolute atomic E-state index is 12.9. The number of nitrogens with zero attached hydrogens (tertiary/aromatic N) is 2. The van der Waals surface area contributed by atoms with Crippen LogP contribution in [0.25, 0.3) is 0 Å². The zero-order valence-electron chi connectivity index (χ0n) is 15.0. The molecule has 0 bridgehead atoms. The third kappa shape index (κ3) is 5.93. The average Bonchev–Trinajstić information content (AvgIpc) is 2.87. The summed E-state index contributed by atoms with van der Waals surface area (Å²) in [5.41, 5.74) is 2.24. The van der Waals surface area contributed by atoms with Crippen LogP contribution in [0, 0.1) is 5.82 Å². The molecule has 0 aliphatic carbocycles. The predicted octanol–water partition coefficient (Wildman–Crippen LogP) is 2.65. The van der Waals surface area contributed by atoms with Crippen LogP contribution in [0.15, 0.2) is 54.6 Å². The van der Waals surface area contributed by atoms with Gasteiger partial charge in [0.1, 0.15) is 5.82 Å². The number of carbonyl (C=O) groups excluding carboxylic acids is 1. The minimum Gasteiger partial charge on any atom is -0.351 e. The lowest BCUT2D eigenvalue weighted by atomic mass is 10.2. The zero-order chi connectivity index (χ0) is 18.2. The molecule has 2 aromatic rings. The topological polar surface area (TPSA) is 35.6 Å². The number of rotatable bonds is 6. The van der Waals surface area contributed by atoms with Gasteiger partial charge in [0.15, 0.2) is 0 Å². The molecule has 1 aliphatic rings. The van der Waals surface area contributed by atoms with Crippen LogP contribution >= 0.6 is 0 Å². The van der Waals surface area contributed by atoms with Gasteiger partial charge in [-0.2, -0.15) is 0 Å². The van der Waals surface area contributed by atoms with Gasteiger partial charge in [0.2, 0.25) is 5.91 Å². The maximum atomic E-state index is 12.9. The van der Waals surface area contributed by atoms with Crippen molar-refractivity contribution < 1.29 is 9.18 Å². The monoisotopic (exact) mass is 355 g/mol. The number of hydrogen-bond donors (Lipinski definition) is 1. The summed E-state index contributed by atoms with van der Waals surface area (Å²) in [6.07, 6.45) is 1.07. The highest BCUT2D eigenvalue weighted by molar-refractivity contribution is 5.78. The molecule has 26 heavy (non-hydrogen) atoms. The lowest BCUT2D eigenvalue weighted by molar-refractivity contribution is -0.122. The van der Waals surface area contributed by atoms with Crippen LogP contribution in [0.1, 0.15) is 17.5 Å². The molecule has 1 saturated heterocycles. The largest absolute Gasteiger partial charge is 0.351 e. The summed E-state index contributed by atoms with van der Waals surface area (Å²) in [5.74, 6) is -0.240. The molecule has 5 heteroatoms. The van der Waals surface area contributed by atoms with E-state index in [4.69, 9.17) is 0 Å². The van der Waals surface area contributed by atoms with Crippen molar-refractivity contribution in [2.45, 2.75) is 19.5 Å². The van der Waals surface area contributed by atoms with E-state index >= 15 is 0 Å². The summed E-state index contributed by atoms with van der Waals surface area (Å²) in [6, 6.07) is 16.7. The van der Waals surface area contributed by atoms with Gasteiger partial charge in [-0.25, -0.2) is 4.39 Å². The van der Waals surface area contributed by atoms with E-state index in [1.165, 1.54) is 17.7 Å². The minimum absolute atomic E-state index is 0.0193. The van der Waals surface area contributed by atoms with Crippen molar-refractivity contribution in [3.8, 4) is 0 Å². The molecule has 0 atom stereocenters. The molecular formula is C21H26FN3O. The van der Waals surface area contributed by atoms with Crippen molar-refractivity contribution in [2.75, 3.05) is 32.7 Å². The molecule has 0 radical (unpaired) electrons. The molecule has 1 aliphatic heterocycles. The van der Waals surface area contributed by atoms with E-state index in [0.29, 0.717) is 13.1 Å². The second-order valence-corrected chi connectivity index (χ2v) is 6.79. The second-order valence-electron chi connectivity index (χ2n) is 6.79. The Kier molecular flexibility index (Phi) is 6.75. The third-order valence-electron chi connectivity index (χ3n) is 4.70. The number of hydrogen-bond acceptors (Lipinski definition) is 3. The van der Waals surface area contributed by atoms with Crippen LogP contribution in [0.4, 0.5) is 4.39 Å². The highest BCUT2D eigenvalue weighted by Crippen LogP contribution is 2.09. The Bertz CT molecular complexity index is 690. The van der Waals surface area contributed by atoms with Crippen LogP contribution < -0.4 is 5.32 Å². The molecule has 0 saturated carbocycles. The summed E-state index contributed by atoms with van der Waals surface area (Å²) >= 11 is 0. The Morgan fingerprint density at radius 3 is 2.35 bits per heavy atom. The minimum atomic E-state index is -0.260. The molecule has 1 heterocycles. The Hall–Kier alpha value is -2.24. The standard InChI is InChI=1S/C21H26FN3O/c22-20-9-7-18(8-10-20)15-23-21(26)17-25-12-4-11-24(13-14-25)16-19-5-2-1-3-6-19/h1-3,5-10H,4,11-17H2,(H,23,26). The lowest BCUT2D eigenvalue weighted by Gasteiger charge is -2.21.